The molecular formula is C13H16N4OS. The second kappa shape index (κ2) is 5.90. The van der Waals surface area contributed by atoms with Gasteiger partial charge < -0.3 is 5.32 Å². The van der Waals surface area contributed by atoms with E-state index in [0.717, 1.165) is 5.69 Å². The first-order chi connectivity index (χ1) is 9.11. The molecule has 0 aromatic carbocycles. The Balaban J connectivity index is 2.11. The van der Waals surface area contributed by atoms with Crippen molar-refractivity contribution in [1.82, 2.24) is 15.3 Å². The number of nitrogens with one attached hydrogen (secondary N) is 2. The zero-order valence-corrected chi connectivity index (χ0v) is 11.9. The fourth-order valence-electron chi connectivity index (χ4n) is 1.58. The van der Waals surface area contributed by atoms with E-state index in [2.05, 4.69) is 20.6 Å². The number of carbonyl (C=O) groups is 1. The van der Waals surface area contributed by atoms with Gasteiger partial charge in [0.25, 0.3) is 5.91 Å². The molecule has 0 aliphatic carbocycles. The summed E-state index contributed by atoms with van der Waals surface area (Å²) in [7, 11) is 1.88. The second-order valence-corrected chi connectivity index (χ2v) is 5.04. The van der Waals surface area contributed by atoms with E-state index in [4.69, 9.17) is 0 Å². The third-order valence-electron chi connectivity index (χ3n) is 2.87. The highest BCUT2D eigenvalue weighted by Gasteiger charge is 2.13. The van der Waals surface area contributed by atoms with Gasteiger partial charge in [-0.3, -0.25) is 15.1 Å². The zero-order valence-electron chi connectivity index (χ0n) is 11.1. The molecule has 0 aliphatic heterocycles. The SMILES string of the molecule is CNC(C)c1csc(NC(=O)c2cccnc2C)n1. The molecule has 0 radical (unpaired) electrons. The number of rotatable bonds is 4. The van der Waals surface area contributed by atoms with Crippen molar-refractivity contribution in [2.45, 2.75) is 19.9 Å². The van der Waals surface area contributed by atoms with Crippen LogP contribution in [0.25, 0.3) is 0 Å². The molecule has 0 bridgehead atoms. The van der Waals surface area contributed by atoms with E-state index >= 15 is 0 Å². The first-order valence-corrected chi connectivity index (χ1v) is 6.85. The summed E-state index contributed by atoms with van der Waals surface area (Å²) in [5.41, 5.74) is 2.20. The number of carbonyl (C=O) groups excluding carboxylic acids is 1. The van der Waals surface area contributed by atoms with Crippen LogP contribution in [0.2, 0.25) is 0 Å². The van der Waals surface area contributed by atoms with Crippen LogP contribution in [-0.2, 0) is 0 Å². The molecule has 5 nitrogen and oxygen atoms in total. The van der Waals surface area contributed by atoms with Crippen molar-refractivity contribution >= 4 is 22.4 Å². The summed E-state index contributed by atoms with van der Waals surface area (Å²) in [6, 6.07) is 3.67. The molecule has 2 aromatic heterocycles. The summed E-state index contributed by atoms with van der Waals surface area (Å²) in [6.07, 6.45) is 1.67. The lowest BCUT2D eigenvalue weighted by atomic mass is 10.2. The molecule has 1 atom stereocenters. The Kier molecular flexibility index (Phi) is 4.24. The average molecular weight is 276 g/mol. The maximum Gasteiger partial charge on any atom is 0.259 e. The minimum Gasteiger partial charge on any atom is -0.312 e. The van der Waals surface area contributed by atoms with Crippen molar-refractivity contribution < 1.29 is 4.79 Å². The van der Waals surface area contributed by atoms with E-state index in [1.807, 2.05) is 26.3 Å². The maximum absolute atomic E-state index is 12.1. The van der Waals surface area contributed by atoms with Crippen molar-refractivity contribution in [1.29, 1.82) is 0 Å². The van der Waals surface area contributed by atoms with E-state index in [0.29, 0.717) is 16.4 Å². The van der Waals surface area contributed by atoms with Crippen molar-refractivity contribution in [3.05, 3.63) is 40.7 Å². The molecule has 6 heteroatoms. The van der Waals surface area contributed by atoms with Crippen LogP contribution in [0, 0.1) is 6.92 Å². The number of hydrogen-bond acceptors (Lipinski definition) is 5. The average Bonchev–Trinajstić information content (AvgIpc) is 2.86. The van der Waals surface area contributed by atoms with Crippen LogP contribution in [0.1, 0.15) is 34.7 Å². The fourth-order valence-corrected chi connectivity index (χ4v) is 2.38. The minimum absolute atomic E-state index is 0.169. The molecular weight excluding hydrogens is 260 g/mol. The Morgan fingerprint density at radius 3 is 2.95 bits per heavy atom. The number of aryl methyl sites for hydroxylation is 1. The number of amides is 1. The van der Waals surface area contributed by atoms with Crippen LogP contribution in [0.15, 0.2) is 23.7 Å². The van der Waals surface area contributed by atoms with Crippen LogP contribution < -0.4 is 10.6 Å². The van der Waals surface area contributed by atoms with E-state index in [1.54, 1.807) is 18.3 Å². The van der Waals surface area contributed by atoms with E-state index < -0.39 is 0 Å². The maximum atomic E-state index is 12.1. The van der Waals surface area contributed by atoms with Crippen LogP contribution in [0.4, 0.5) is 5.13 Å². The smallest absolute Gasteiger partial charge is 0.259 e. The summed E-state index contributed by atoms with van der Waals surface area (Å²) >= 11 is 1.42. The van der Waals surface area contributed by atoms with Gasteiger partial charge in [0, 0.05) is 23.3 Å². The number of hydrogen-bond donors (Lipinski definition) is 2. The number of anilines is 1. The van der Waals surface area contributed by atoms with Crippen molar-refractivity contribution in [3.63, 3.8) is 0 Å². The summed E-state index contributed by atoms with van der Waals surface area (Å²) in [5, 5.41) is 8.45. The molecule has 19 heavy (non-hydrogen) atoms. The summed E-state index contributed by atoms with van der Waals surface area (Å²) < 4.78 is 0. The summed E-state index contributed by atoms with van der Waals surface area (Å²) in [4.78, 5) is 20.6. The van der Waals surface area contributed by atoms with Crippen molar-refractivity contribution in [2.75, 3.05) is 12.4 Å². The van der Waals surface area contributed by atoms with Crippen molar-refractivity contribution in [3.8, 4) is 0 Å². The van der Waals surface area contributed by atoms with E-state index in [1.165, 1.54) is 11.3 Å². The third kappa shape index (κ3) is 3.15. The molecule has 2 N–H and O–H groups in total. The topological polar surface area (TPSA) is 66.9 Å². The van der Waals surface area contributed by atoms with Gasteiger partial charge in [0.2, 0.25) is 0 Å². The Hall–Kier alpha value is -1.79. The molecule has 2 heterocycles. The molecule has 1 unspecified atom stereocenters. The largest absolute Gasteiger partial charge is 0.312 e. The minimum atomic E-state index is -0.177. The number of aromatic nitrogens is 2. The zero-order chi connectivity index (χ0) is 13.8. The third-order valence-corrected chi connectivity index (χ3v) is 3.65. The van der Waals surface area contributed by atoms with Crippen LogP contribution >= 0.6 is 11.3 Å². The number of thiazole rings is 1. The van der Waals surface area contributed by atoms with E-state index in [9.17, 15) is 4.79 Å². The molecule has 0 saturated heterocycles. The van der Waals surface area contributed by atoms with Gasteiger partial charge in [-0.15, -0.1) is 11.3 Å². The van der Waals surface area contributed by atoms with Gasteiger partial charge in [0.15, 0.2) is 5.13 Å². The summed E-state index contributed by atoms with van der Waals surface area (Å²) in [5.74, 6) is -0.177. The van der Waals surface area contributed by atoms with Gasteiger partial charge in [-0.05, 0) is 33.0 Å². The van der Waals surface area contributed by atoms with Gasteiger partial charge >= 0.3 is 0 Å². The Bertz CT molecular complexity index is 582. The van der Waals surface area contributed by atoms with Gasteiger partial charge in [-0.25, -0.2) is 4.98 Å². The second-order valence-electron chi connectivity index (χ2n) is 4.18. The first kappa shape index (κ1) is 13.6. The van der Waals surface area contributed by atoms with Crippen LogP contribution in [-0.4, -0.2) is 22.9 Å². The fraction of sp³-hybridized carbons (Fsp3) is 0.308. The summed E-state index contributed by atoms with van der Waals surface area (Å²) in [6.45, 7) is 3.83. The number of pyridine rings is 1. The molecule has 0 fully saturated rings. The monoisotopic (exact) mass is 276 g/mol. The molecule has 1 amide bonds. The van der Waals surface area contributed by atoms with Gasteiger partial charge in [0.1, 0.15) is 0 Å². The van der Waals surface area contributed by atoms with Gasteiger partial charge in [0.05, 0.1) is 11.3 Å². The van der Waals surface area contributed by atoms with Gasteiger partial charge in [-0.2, -0.15) is 0 Å². The molecule has 2 aromatic rings. The number of nitrogens with zero attached hydrogens (tertiary/aromatic N) is 2. The predicted molar refractivity (Wildman–Crippen MR) is 76.5 cm³/mol. The highest BCUT2D eigenvalue weighted by molar-refractivity contribution is 7.14. The molecule has 0 aliphatic rings. The first-order valence-electron chi connectivity index (χ1n) is 5.97. The molecule has 2 rings (SSSR count). The van der Waals surface area contributed by atoms with Crippen molar-refractivity contribution in [2.24, 2.45) is 0 Å². The van der Waals surface area contributed by atoms with Gasteiger partial charge in [-0.1, -0.05) is 0 Å². The highest BCUT2D eigenvalue weighted by atomic mass is 32.1. The van der Waals surface area contributed by atoms with Crippen LogP contribution in [0.3, 0.4) is 0 Å². The Labute approximate surface area is 116 Å². The Morgan fingerprint density at radius 1 is 1.47 bits per heavy atom. The normalized spacial score (nSPS) is 12.2. The molecule has 0 saturated carbocycles. The standard InChI is InChI=1S/C13H16N4OS/c1-8-10(5-4-6-15-8)12(18)17-13-16-11(7-19-13)9(2)14-3/h4-7,9,14H,1-3H3,(H,16,17,18). The van der Waals surface area contributed by atoms with Crippen LogP contribution in [0.5, 0.6) is 0 Å². The quantitative estimate of drug-likeness (QED) is 0.899. The lowest BCUT2D eigenvalue weighted by Crippen LogP contribution is -2.15. The lowest BCUT2D eigenvalue weighted by Gasteiger charge is -2.06. The predicted octanol–water partition coefficient (Wildman–Crippen LogP) is 2.38. The van der Waals surface area contributed by atoms with E-state index in [-0.39, 0.29) is 11.9 Å². The molecule has 100 valence electrons. The lowest BCUT2D eigenvalue weighted by molar-refractivity contribution is 0.102. The molecule has 0 spiro atoms. The highest BCUT2D eigenvalue weighted by Crippen LogP contribution is 2.21. The Morgan fingerprint density at radius 2 is 2.26 bits per heavy atom.